The fourth-order valence-corrected chi connectivity index (χ4v) is 3.38. The van der Waals surface area contributed by atoms with E-state index in [4.69, 9.17) is 40.2 Å². The Balaban J connectivity index is 2.20. The number of hydrogen-bond donors (Lipinski definition) is 2. The van der Waals surface area contributed by atoms with Gasteiger partial charge < -0.3 is 9.88 Å². The summed E-state index contributed by atoms with van der Waals surface area (Å²) in [7, 11) is 0. The first-order valence-electron chi connectivity index (χ1n) is 8.32. The second-order valence-corrected chi connectivity index (χ2v) is 8.86. The van der Waals surface area contributed by atoms with Gasteiger partial charge in [-0.05, 0) is 30.7 Å². The predicted molar refractivity (Wildman–Crippen MR) is 107 cm³/mol. The average molecular weight is 478 g/mol. The van der Waals surface area contributed by atoms with Gasteiger partial charge in [0.25, 0.3) is 15.3 Å². The number of aromatic nitrogens is 1. The van der Waals surface area contributed by atoms with Gasteiger partial charge in [0.05, 0.1) is 6.54 Å². The number of aryl methyl sites for hydroxylation is 1. The molecule has 0 spiro atoms. The first-order chi connectivity index (χ1) is 13.9. The second-order valence-electron chi connectivity index (χ2n) is 6.58. The van der Waals surface area contributed by atoms with E-state index in [0.717, 1.165) is 22.8 Å². The van der Waals surface area contributed by atoms with Crippen molar-refractivity contribution in [3.05, 3.63) is 69.6 Å². The van der Waals surface area contributed by atoms with Crippen LogP contribution in [0.4, 0.5) is 13.6 Å². The zero-order chi connectivity index (χ0) is 22.4. The molecular formula is C18H13Cl3F2N4O3. The lowest BCUT2D eigenvalue weighted by Crippen LogP contribution is -2.50. The summed E-state index contributed by atoms with van der Waals surface area (Å²) in [5.41, 5.74) is -2.10. The molecule has 3 rings (SSSR count). The van der Waals surface area contributed by atoms with Crippen LogP contribution in [0.5, 0.6) is 0 Å². The number of amides is 3. The number of imide groups is 1. The molecule has 1 atom stereocenters. The topological polar surface area (TPSA) is 95.3 Å². The molecule has 12 heteroatoms. The van der Waals surface area contributed by atoms with Crippen molar-refractivity contribution >= 4 is 52.6 Å². The standard InChI is InChI=1S/C18H13Cl3F2N4O3/c1-9-3-2-6-26(13(9)28)8-17(10-4-5-11(22)12(23)7-10)14(24)27(16(30)25-17)15(29)18(19,20)21/h2-7,24H,8H2,1H3,(H,25,30). The first-order valence-corrected chi connectivity index (χ1v) is 9.46. The number of halogens is 5. The summed E-state index contributed by atoms with van der Waals surface area (Å²) < 4.78 is 26.1. The summed E-state index contributed by atoms with van der Waals surface area (Å²) in [4.78, 5) is 37.8. The molecule has 0 bridgehead atoms. The third-order valence-corrected chi connectivity index (χ3v) is 5.11. The van der Waals surface area contributed by atoms with Crippen molar-refractivity contribution in [2.75, 3.05) is 0 Å². The van der Waals surface area contributed by atoms with Gasteiger partial charge in [0.2, 0.25) is 0 Å². The number of benzene rings is 1. The number of urea groups is 1. The van der Waals surface area contributed by atoms with E-state index in [0.29, 0.717) is 5.56 Å². The van der Waals surface area contributed by atoms with Gasteiger partial charge in [0.15, 0.2) is 11.6 Å². The number of rotatable bonds is 3. The van der Waals surface area contributed by atoms with Crippen LogP contribution in [0.2, 0.25) is 0 Å². The number of carbonyl (C=O) groups is 2. The number of nitrogens with one attached hydrogen (secondary N) is 2. The predicted octanol–water partition coefficient (Wildman–Crippen LogP) is 3.23. The van der Waals surface area contributed by atoms with E-state index in [1.807, 2.05) is 0 Å². The quantitative estimate of drug-likeness (QED) is 0.665. The van der Waals surface area contributed by atoms with Crippen molar-refractivity contribution in [2.24, 2.45) is 0 Å². The largest absolute Gasteiger partial charge is 0.331 e. The summed E-state index contributed by atoms with van der Waals surface area (Å²) in [6, 6.07) is 4.66. The van der Waals surface area contributed by atoms with Gasteiger partial charge in [0.1, 0.15) is 11.4 Å². The maximum Gasteiger partial charge on any atom is 0.331 e. The highest BCUT2D eigenvalue weighted by molar-refractivity contribution is 6.76. The van der Waals surface area contributed by atoms with E-state index in [-0.39, 0.29) is 10.5 Å². The van der Waals surface area contributed by atoms with Crippen molar-refractivity contribution in [3.63, 3.8) is 0 Å². The van der Waals surface area contributed by atoms with E-state index in [1.54, 1.807) is 19.1 Å². The molecule has 0 aliphatic carbocycles. The maximum absolute atomic E-state index is 14.0. The minimum atomic E-state index is -2.56. The third-order valence-electron chi connectivity index (χ3n) is 4.63. The van der Waals surface area contributed by atoms with Gasteiger partial charge >= 0.3 is 6.03 Å². The lowest BCUT2D eigenvalue weighted by Gasteiger charge is -2.30. The summed E-state index contributed by atoms with van der Waals surface area (Å²) in [6.45, 7) is 1.15. The lowest BCUT2D eigenvalue weighted by atomic mass is 9.88. The molecule has 1 aliphatic rings. The molecule has 2 heterocycles. The zero-order valence-corrected chi connectivity index (χ0v) is 17.4. The van der Waals surface area contributed by atoms with Crippen LogP contribution >= 0.6 is 34.8 Å². The zero-order valence-electron chi connectivity index (χ0n) is 15.2. The fourth-order valence-electron chi connectivity index (χ4n) is 3.12. The van der Waals surface area contributed by atoms with Crippen LogP contribution < -0.4 is 10.9 Å². The Morgan fingerprint density at radius 3 is 2.47 bits per heavy atom. The molecule has 1 aromatic carbocycles. The van der Waals surface area contributed by atoms with E-state index >= 15 is 0 Å². The van der Waals surface area contributed by atoms with Crippen LogP contribution in [-0.4, -0.2) is 31.0 Å². The Hall–Kier alpha value is -2.49. The Morgan fingerprint density at radius 2 is 1.87 bits per heavy atom. The second kappa shape index (κ2) is 7.64. The summed E-state index contributed by atoms with van der Waals surface area (Å²) >= 11 is 16.8. The Labute approximate surface area is 183 Å². The van der Waals surface area contributed by atoms with Gasteiger partial charge in [-0.15, -0.1) is 0 Å². The molecule has 0 radical (unpaired) electrons. The van der Waals surface area contributed by atoms with E-state index < -0.39 is 50.8 Å². The number of carbonyl (C=O) groups excluding carboxylic acids is 2. The maximum atomic E-state index is 14.0. The highest BCUT2D eigenvalue weighted by Gasteiger charge is 2.55. The molecule has 2 N–H and O–H groups in total. The monoisotopic (exact) mass is 476 g/mol. The fraction of sp³-hybridized carbons (Fsp3) is 0.222. The average Bonchev–Trinajstić information content (AvgIpc) is 2.90. The SMILES string of the molecule is Cc1cccn(CC2(c3ccc(F)c(F)c3)NC(=O)N(C(=O)C(Cl)(Cl)Cl)C2=N)c1=O. The number of nitrogens with zero attached hydrogens (tertiary/aromatic N) is 2. The molecule has 2 aromatic rings. The molecule has 1 aromatic heterocycles. The summed E-state index contributed by atoms with van der Waals surface area (Å²) in [5.74, 6) is -4.47. The van der Waals surface area contributed by atoms with Gasteiger partial charge in [-0.3, -0.25) is 15.0 Å². The number of pyridine rings is 1. The molecule has 1 aliphatic heterocycles. The van der Waals surface area contributed by atoms with Crippen LogP contribution in [0.3, 0.4) is 0 Å². The minimum Gasteiger partial charge on any atom is -0.319 e. The molecule has 1 unspecified atom stereocenters. The number of alkyl halides is 3. The number of hydrogen-bond acceptors (Lipinski definition) is 4. The van der Waals surface area contributed by atoms with E-state index in [9.17, 15) is 23.2 Å². The van der Waals surface area contributed by atoms with Crippen molar-refractivity contribution < 1.29 is 18.4 Å². The van der Waals surface area contributed by atoms with Crippen molar-refractivity contribution in [1.29, 1.82) is 5.41 Å². The number of amidine groups is 1. The lowest BCUT2D eigenvalue weighted by molar-refractivity contribution is -0.124. The molecule has 30 heavy (non-hydrogen) atoms. The molecular weight excluding hydrogens is 465 g/mol. The van der Waals surface area contributed by atoms with Crippen molar-refractivity contribution in [1.82, 2.24) is 14.8 Å². The smallest absolute Gasteiger partial charge is 0.319 e. The Bertz CT molecular complexity index is 1130. The normalized spacial score (nSPS) is 19.2. The van der Waals surface area contributed by atoms with Crippen molar-refractivity contribution in [2.45, 2.75) is 22.8 Å². The van der Waals surface area contributed by atoms with Crippen molar-refractivity contribution in [3.8, 4) is 0 Å². The molecule has 1 fully saturated rings. The molecule has 1 saturated heterocycles. The summed E-state index contributed by atoms with van der Waals surface area (Å²) in [5, 5.41) is 10.9. The molecule has 158 valence electrons. The van der Waals surface area contributed by atoms with Gasteiger partial charge in [0, 0.05) is 11.8 Å². The molecule has 7 nitrogen and oxygen atoms in total. The summed E-state index contributed by atoms with van der Waals surface area (Å²) in [6.07, 6.45) is 1.38. The van der Waals surface area contributed by atoms with Crippen LogP contribution in [0.1, 0.15) is 11.1 Å². The Kier molecular flexibility index (Phi) is 5.66. The van der Waals surface area contributed by atoms with Gasteiger partial charge in [-0.25, -0.2) is 18.5 Å². The molecule has 0 saturated carbocycles. The molecule has 3 amide bonds. The first kappa shape index (κ1) is 22.2. The van der Waals surface area contributed by atoms with Crippen LogP contribution in [0.25, 0.3) is 0 Å². The van der Waals surface area contributed by atoms with Gasteiger partial charge in [-0.2, -0.15) is 0 Å². The van der Waals surface area contributed by atoms with Crippen LogP contribution in [0.15, 0.2) is 41.3 Å². The highest BCUT2D eigenvalue weighted by Crippen LogP contribution is 2.36. The highest BCUT2D eigenvalue weighted by atomic mass is 35.6. The minimum absolute atomic E-state index is 0.0900. The van der Waals surface area contributed by atoms with Crippen LogP contribution in [-0.2, 0) is 16.9 Å². The van der Waals surface area contributed by atoms with E-state index in [1.165, 1.54) is 6.20 Å². The third kappa shape index (κ3) is 3.68. The van der Waals surface area contributed by atoms with E-state index in [2.05, 4.69) is 5.32 Å². The van der Waals surface area contributed by atoms with Gasteiger partial charge in [-0.1, -0.05) is 46.9 Å². The van der Waals surface area contributed by atoms with Crippen LogP contribution in [0, 0.1) is 24.0 Å². The Morgan fingerprint density at radius 1 is 1.20 bits per heavy atom.